The van der Waals surface area contributed by atoms with Crippen LogP contribution in [0.5, 0.6) is 5.75 Å². The van der Waals surface area contributed by atoms with Crippen molar-refractivity contribution in [3.8, 4) is 17.0 Å². The second-order valence-electron chi connectivity index (χ2n) is 8.48. The second kappa shape index (κ2) is 9.81. The van der Waals surface area contributed by atoms with Crippen LogP contribution < -0.4 is 15.0 Å². The van der Waals surface area contributed by atoms with E-state index in [-0.39, 0.29) is 11.8 Å². The monoisotopic (exact) mass is 430 g/mol. The fourth-order valence-electron chi connectivity index (χ4n) is 4.16. The molecule has 0 radical (unpaired) electrons. The lowest BCUT2D eigenvalue weighted by Crippen LogP contribution is -2.38. The third kappa shape index (κ3) is 4.90. The average Bonchev–Trinajstić information content (AvgIpc) is 2.84. The number of aromatic nitrogens is 2. The van der Waals surface area contributed by atoms with Crippen molar-refractivity contribution < 1.29 is 9.53 Å². The lowest BCUT2D eigenvalue weighted by Gasteiger charge is -2.32. The molecule has 6 nitrogen and oxygen atoms in total. The molecular formula is C26H30N4O2. The van der Waals surface area contributed by atoms with Crippen LogP contribution in [0.3, 0.4) is 0 Å². The minimum absolute atomic E-state index is 0.00867. The van der Waals surface area contributed by atoms with Crippen molar-refractivity contribution in [2.24, 2.45) is 5.92 Å². The van der Waals surface area contributed by atoms with E-state index >= 15 is 0 Å². The maximum Gasteiger partial charge on any atom is 0.227 e. The number of para-hydroxylation sites is 1. The zero-order chi connectivity index (χ0) is 22.5. The highest BCUT2D eigenvalue weighted by Crippen LogP contribution is 2.28. The van der Waals surface area contributed by atoms with Crippen molar-refractivity contribution in [3.05, 3.63) is 66.5 Å². The second-order valence-corrected chi connectivity index (χ2v) is 8.48. The summed E-state index contributed by atoms with van der Waals surface area (Å²) in [6.07, 6.45) is 3.21. The number of anilines is 2. The van der Waals surface area contributed by atoms with Gasteiger partial charge in [0.15, 0.2) is 0 Å². The van der Waals surface area contributed by atoms with E-state index in [1.165, 1.54) is 5.56 Å². The number of amides is 1. The first-order valence-electron chi connectivity index (χ1n) is 11.2. The third-order valence-electron chi connectivity index (χ3n) is 6.07. The number of rotatable bonds is 6. The molecule has 1 aromatic heterocycles. The van der Waals surface area contributed by atoms with Crippen molar-refractivity contribution in [1.82, 2.24) is 9.97 Å². The first-order valence-corrected chi connectivity index (χ1v) is 11.2. The number of piperidine rings is 1. The molecule has 0 unspecified atom stereocenters. The summed E-state index contributed by atoms with van der Waals surface area (Å²) in [5.41, 5.74) is 4.00. The van der Waals surface area contributed by atoms with Gasteiger partial charge in [-0.1, -0.05) is 32.0 Å². The molecule has 3 aromatic rings. The number of carbonyl (C=O) groups excluding carboxylic acids is 1. The SMILES string of the molecule is COc1ccc(-c2cc(N3CCC(C(=O)Nc4ccccc4C(C)C)CC3)ncn2)cc1. The molecule has 1 N–H and O–H groups in total. The summed E-state index contributed by atoms with van der Waals surface area (Å²) in [5, 5.41) is 3.16. The van der Waals surface area contributed by atoms with Gasteiger partial charge in [0.05, 0.1) is 12.8 Å². The van der Waals surface area contributed by atoms with Gasteiger partial charge in [0.2, 0.25) is 5.91 Å². The fraction of sp³-hybridized carbons (Fsp3) is 0.346. The molecule has 6 heteroatoms. The van der Waals surface area contributed by atoms with Crippen LogP contribution >= 0.6 is 0 Å². The van der Waals surface area contributed by atoms with E-state index < -0.39 is 0 Å². The predicted octanol–water partition coefficient (Wildman–Crippen LogP) is 5.13. The molecule has 0 bridgehead atoms. The van der Waals surface area contributed by atoms with Gasteiger partial charge in [0, 0.05) is 36.3 Å². The van der Waals surface area contributed by atoms with Gasteiger partial charge in [0.1, 0.15) is 17.9 Å². The Morgan fingerprint density at radius 2 is 1.78 bits per heavy atom. The minimum atomic E-state index is 0.00867. The molecule has 1 aliphatic rings. The van der Waals surface area contributed by atoms with Crippen LogP contribution in [0.2, 0.25) is 0 Å². The quantitative estimate of drug-likeness (QED) is 0.587. The van der Waals surface area contributed by atoms with Gasteiger partial charge in [-0.05, 0) is 54.7 Å². The molecule has 1 amide bonds. The zero-order valence-corrected chi connectivity index (χ0v) is 18.9. The number of nitrogens with zero attached hydrogens (tertiary/aromatic N) is 3. The van der Waals surface area contributed by atoms with Crippen molar-refractivity contribution >= 4 is 17.4 Å². The Kier molecular flexibility index (Phi) is 6.69. The largest absolute Gasteiger partial charge is 0.497 e. The molecule has 0 atom stereocenters. The molecule has 166 valence electrons. The Balaban J connectivity index is 1.39. The molecule has 1 aliphatic heterocycles. The smallest absolute Gasteiger partial charge is 0.227 e. The maximum atomic E-state index is 12.9. The van der Waals surface area contributed by atoms with Crippen LogP contribution in [0.1, 0.15) is 38.2 Å². The van der Waals surface area contributed by atoms with E-state index in [1.54, 1.807) is 13.4 Å². The number of methoxy groups -OCH3 is 1. The van der Waals surface area contributed by atoms with E-state index in [2.05, 4.69) is 40.1 Å². The van der Waals surface area contributed by atoms with Crippen molar-refractivity contribution in [2.45, 2.75) is 32.6 Å². The van der Waals surface area contributed by atoms with Crippen molar-refractivity contribution in [2.75, 3.05) is 30.4 Å². The molecule has 1 fully saturated rings. The van der Waals surface area contributed by atoms with E-state index in [9.17, 15) is 4.79 Å². The summed E-state index contributed by atoms with van der Waals surface area (Å²) in [7, 11) is 1.66. The molecule has 2 heterocycles. The average molecular weight is 431 g/mol. The molecule has 1 saturated heterocycles. The van der Waals surface area contributed by atoms with Crippen LogP contribution in [0.15, 0.2) is 60.9 Å². The van der Waals surface area contributed by atoms with Gasteiger partial charge in [-0.15, -0.1) is 0 Å². The molecule has 2 aromatic carbocycles. The van der Waals surface area contributed by atoms with Crippen molar-refractivity contribution in [1.29, 1.82) is 0 Å². The van der Waals surface area contributed by atoms with Crippen LogP contribution in [0.4, 0.5) is 11.5 Å². The highest BCUT2D eigenvalue weighted by Gasteiger charge is 2.26. The molecule has 0 spiro atoms. The Hall–Kier alpha value is -3.41. The predicted molar refractivity (Wildman–Crippen MR) is 128 cm³/mol. The van der Waals surface area contributed by atoms with Gasteiger partial charge < -0.3 is 15.0 Å². The highest BCUT2D eigenvalue weighted by atomic mass is 16.5. The van der Waals surface area contributed by atoms with E-state index in [4.69, 9.17) is 4.74 Å². The fourth-order valence-corrected chi connectivity index (χ4v) is 4.16. The summed E-state index contributed by atoms with van der Waals surface area (Å²) < 4.78 is 5.24. The molecule has 4 rings (SSSR count). The lowest BCUT2D eigenvalue weighted by molar-refractivity contribution is -0.120. The summed E-state index contributed by atoms with van der Waals surface area (Å²) in [5.74, 6) is 2.20. The lowest BCUT2D eigenvalue weighted by atomic mass is 9.95. The van der Waals surface area contributed by atoms with Crippen molar-refractivity contribution in [3.63, 3.8) is 0 Å². The van der Waals surface area contributed by atoms with Gasteiger partial charge in [-0.2, -0.15) is 0 Å². The number of nitrogens with one attached hydrogen (secondary N) is 1. The summed E-state index contributed by atoms with van der Waals surface area (Å²) in [6.45, 7) is 5.88. The summed E-state index contributed by atoms with van der Waals surface area (Å²) in [4.78, 5) is 24.1. The van der Waals surface area contributed by atoms with Crippen LogP contribution in [-0.2, 0) is 4.79 Å². The van der Waals surface area contributed by atoms with Crippen LogP contribution in [-0.4, -0.2) is 36.1 Å². The third-order valence-corrected chi connectivity index (χ3v) is 6.07. The Morgan fingerprint density at radius 1 is 1.06 bits per heavy atom. The number of ether oxygens (including phenoxy) is 1. The minimum Gasteiger partial charge on any atom is -0.497 e. The highest BCUT2D eigenvalue weighted by molar-refractivity contribution is 5.93. The summed E-state index contributed by atoms with van der Waals surface area (Å²) >= 11 is 0. The van der Waals surface area contributed by atoms with E-state index in [0.717, 1.165) is 54.4 Å². The normalized spacial score (nSPS) is 14.4. The van der Waals surface area contributed by atoms with Gasteiger partial charge in [-0.25, -0.2) is 9.97 Å². The topological polar surface area (TPSA) is 67.3 Å². The first-order chi connectivity index (χ1) is 15.5. The number of benzene rings is 2. The van der Waals surface area contributed by atoms with E-state index in [0.29, 0.717) is 5.92 Å². The van der Waals surface area contributed by atoms with Gasteiger partial charge in [0.25, 0.3) is 0 Å². The molecule has 0 saturated carbocycles. The van der Waals surface area contributed by atoms with Crippen LogP contribution in [0, 0.1) is 5.92 Å². The Labute approximate surface area is 189 Å². The summed E-state index contributed by atoms with van der Waals surface area (Å²) in [6, 6.07) is 17.9. The number of carbonyl (C=O) groups is 1. The van der Waals surface area contributed by atoms with Gasteiger partial charge in [-0.3, -0.25) is 4.79 Å². The Morgan fingerprint density at radius 3 is 2.47 bits per heavy atom. The van der Waals surface area contributed by atoms with Crippen LogP contribution in [0.25, 0.3) is 11.3 Å². The molecular weight excluding hydrogens is 400 g/mol. The number of hydrogen-bond donors (Lipinski definition) is 1. The Bertz CT molecular complexity index is 1060. The molecule has 0 aliphatic carbocycles. The maximum absolute atomic E-state index is 12.9. The molecule has 32 heavy (non-hydrogen) atoms. The van der Waals surface area contributed by atoms with E-state index in [1.807, 2.05) is 48.5 Å². The zero-order valence-electron chi connectivity index (χ0n) is 18.9. The van der Waals surface area contributed by atoms with Gasteiger partial charge >= 0.3 is 0 Å². The first kappa shape index (κ1) is 21.8. The number of hydrogen-bond acceptors (Lipinski definition) is 5. The standard InChI is InChI=1S/C26H30N4O2/c1-18(2)22-6-4-5-7-23(22)29-26(31)20-12-14-30(15-13-20)25-16-24(27-17-28-25)19-8-10-21(32-3)11-9-19/h4-11,16-18,20H,12-15H2,1-3H3,(H,29,31).